The van der Waals surface area contributed by atoms with E-state index in [2.05, 4.69) is 10.0 Å². The first kappa shape index (κ1) is 22.9. The van der Waals surface area contributed by atoms with Crippen molar-refractivity contribution in [2.45, 2.75) is 44.3 Å². The lowest BCUT2D eigenvalue weighted by Crippen LogP contribution is -2.39. The highest BCUT2D eigenvalue weighted by Crippen LogP contribution is 2.16. The van der Waals surface area contributed by atoms with Crippen LogP contribution in [0.3, 0.4) is 0 Å². The Morgan fingerprint density at radius 1 is 1.07 bits per heavy atom. The van der Waals surface area contributed by atoms with Crippen molar-refractivity contribution < 1.29 is 22.0 Å². The van der Waals surface area contributed by atoms with Crippen molar-refractivity contribution in [2.75, 3.05) is 12.4 Å². The second-order valence-corrected chi connectivity index (χ2v) is 8.83. The zero-order valence-electron chi connectivity index (χ0n) is 16.7. The van der Waals surface area contributed by atoms with E-state index in [-0.39, 0.29) is 29.0 Å². The minimum atomic E-state index is -3.61. The van der Waals surface area contributed by atoms with Crippen molar-refractivity contribution in [1.82, 2.24) is 9.62 Å². The first-order chi connectivity index (χ1) is 13.5. The smallest absolute Gasteiger partial charge is 0.241 e. The average Bonchev–Trinajstić information content (AvgIpc) is 2.62. The number of hydrogen-bond acceptors (Lipinski definition) is 4. The van der Waals surface area contributed by atoms with Gasteiger partial charge in [-0.05, 0) is 58.2 Å². The average molecular weight is 426 g/mol. The van der Waals surface area contributed by atoms with E-state index in [1.54, 1.807) is 32.7 Å². The number of nitrogens with zero attached hydrogens (tertiary/aromatic N) is 1. The molecule has 0 spiro atoms. The van der Waals surface area contributed by atoms with Gasteiger partial charge in [0, 0.05) is 29.9 Å². The molecule has 1 amide bonds. The zero-order chi connectivity index (χ0) is 21.8. The number of amides is 1. The monoisotopic (exact) mass is 425 g/mol. The molecule has 0 aliphatic carbocycles. The van der Waals surface area contributed by atoms with Gasteiger partial charge in [0.15, 0.2) is 0 Å². The van der Waals surface area contributed by atoms with Crippen LogP contribution in [0.1, 0.15) is 26.3 Å². The minimum Gasteiger partial charge on any atom is -0.325 e. The SMILES string of the molecule is CC(C)NS(=O)(=O)c1ccc(NC(=O)C(C)N(C)Cc2ccc(F)cc2F)cc1. The topological polar surface area (TPSA) is 78.5 Å². The summed E-state index contributed by atoms with van der Waals surface area (Å²) in [5.74, 6) is -1.67. The van der Waals surface area contributed by atoms with Gasteiger partial charge < -0.3 is 5.32 Å². The third-order valence-corrected chi connectivity index (χ3v) is 5.97. The van der Waals surface area contributed by atoms with Gasteiger partial charge in [0.05, 0.1) is 10.9 Å². The molecule has 0 aliphatic rings. The van der Waals surface area contributed by atoms with Crippen molar-refractivity contribution >= 4 is 21.6 Å². The number of benzene rings is 2. The fraction of sp³-hybridized carbons (Fsp3) is 0.350. The number of rotatable bonds is 8. The highest BCUT2D eigenvalue weighted by molar-refractivity contribution is 7.89. The van der Waals surface area contributed by atoms with Gasteiger partial charge in [-0.1, -0.05) is 6.07 Å². The van der Waals surface area contributed by atoms with E-state index < -0.39 is 27.7 Å². The quantitative estimate of drug-likeness (QED) is 0.681. The summed E-state index contributed by atoms with van der Waals surface area (Å²) in [6, 6.07) is 8.28. The van der Waals surface area contributed by atoms with E-state index in [1.165, 1.54) is 36.4 Å². The molecule has 1 unspecified atom stereocenters. The van der Waals surface area contributed by atoms with Gasteiger partial charge in [-0.2, -0.15) is 0 Å². The summed E-state index contributed by atoms with van der Waals surface area (Å²) in [7, 11) is -1.96. The second kappa shape index (κ2) is 9.43. The summed E-state index contributed by atoms with van der Waals surface area (Å²) in [5.41, 5.74) is 0.715. The molecule has 2 N–H and O–H groups in total. The number of likely N-dealkylation sites (N-methyl/N-ethyl adjacent to an activating group) is 1. The van der Waals surface area contributed by atoms with Gasteiger partial charge >= 0.3 is 0 Å². The van der Waals surface area contributed by atoms with Crippen LogP contribution < -0.4 is 10.0 Å². The Kier molecular flexibility index (Phi) is 7.45. The number of hydrogen-bond donors (Lipinski definition) is 2. The predicted octanol–water partition coefficient (Wildman–Crippen LogP) is 3.11. The Labute approximate surface area is 170 Å². The van der Waals surface area contributed by atoms with Gasteiger partial charge in [0.25, 0.3) is 0 Å². The van der Waals surface area contributed by atoms with Gasteiger partial charge in [0.1, 0.15) is 11.6 Å². The van der Waals surface area contributed by atoms with Crippen LogP contribution >= 0.6 is 0 Å². The van der Waals surface area contributed by atoms with Gasteiger partial charge in [0.2, 0.25) is 15.9 Å². The first-order valence-electron chi connectivity index (χ1n) is 9.07. The molecule has 158 valence electrons. The molecule has 0 saturated heterocycles. The van der Waals surface area contributed by atoms with Gasteiger partial charge in [-0.25, -0.2) is 21.9 Å². The summed E-state index contributed by atoms with van der Waals surface area (Å²) >= 11 is 0. The number of anilines is 1. The molecule has 0 fully saturated rings. The Bertz CT molecular complexity index is 963. The number of carbonyl (C=O) groups is 1. The molecule has 2 rings (SSSR count). The van der Waals surface area contributed by atoms with E-state index in [9.17, 15) is 22.0 Å². The first-order valence-corrected chi connectivity index (χ1v) is 10.6. The molecule has 0 bridgehead atoms. The summed E-state index contributed by atoms with van der Waals surface area (Å²) in [4.78, 5) is 14.2. The number of halogens is 2. The van der Waals surface area contributed by atoms with E-state index >= 15 is 0 Å². The lowest BCUT2D eigenvalue weighted by molar-refractivity contribution is -0.120. The molecular weight excluding hydrogens is 400 g/mol. The third kappa shape index (κ3) is 6.31. The lowest BCUT2D eigenvalue weighted by atomic mass is 10.1. The maximum atomic E-state index is 13.8. The molecule has 0 saturated carbocycles. The third-order valence-electron chi connectivity index (χ3n) is 4.30. The number of carbonyl (C=O) groups excluding carboxylic acids is 1. The Hall–Kier alpha value is -2.36. The molecule has 1 atom stereocenters. The van der Waals surface area contributed by atoms with Crippen LogP contribution in [0.5, 0.6) is 0 Å². The Balaban J connectivity index is 2.01. The maximum absolute atomic E-state index is 13.8. The molecule has 0 aromatic heterocycles. The van der Waals surface area contributed by atoms with Gasteiger partial charge in [-0.15, -0.1) is 0 Å². The van der Waals surface area contributed by atoms with Crippen LogP contribution in [0.15, 0.2) is 47.4 Å². The molecule has 9 heteroatoms. The maximum Gasteiger partial charge on any atom is 0.241 e. The van der Waals surface area contributed by atoms with Crippen LogP contribution in [0.25, 0.3) is 0 Å². The lowest BCUT2D eigenvalue weighted by Gasteiger charge is -2.24. The number of nitrogens with one attached hydrogen (secondary N) is 2. The highest BCUT2D eigenvalue weighted by Gasteiger charge is 2.20. The van der Waals surface area contributed by atoms with Gasteiger partial charge in [-0.3, -0.25) is 9.69 Å². The summed E-state index contributed by atoms with van der Waals surface area (Å²) < 4.78 is 53.6. The largest absolute Gasteiger partial charge is 0.325 e. The molecule has 6 nitrogen and oxygen atoms in total. The summed E-state index contributed by atoms with van der Waals surface area (Å²) in [6.07, 6.45) is 0. The second-order valence-electron chi connectivity index (χ2n) is 7.12. The van der Waals surface area contributed by atoms with Crippen LogP contribution in [-0.4, -0.2) is 38.4 Å². The predicted molar refractivity (Wildman–Crippen MR) is 108 cm³/mol. The summed E-state index contributed by atoms with van der Waals surface area (Å²) in [5, 5.41) is 2.70. The standard InChI is InChI=1S/C20H25F2N3O3S/c1-13(2)24-29(27,28)18-9-7-17(8-10-18)23-20(26)14(3)25(4)12-15-5-6-16(21)11-19(15)22/h5-11,13-14,24H,12H2,1-4H3,(H,23,26). The van der Waals surface area contributed by atoms with E-state index in [0.29, 0.717) is 5.69 Å². The fourth-order valence-electron chi connectivity index (χ4n) is 2.60. The van der Waals surface area contributed by atoms with Crippen molar-refractivity contribution in [3.63, 3.8) is 0 Å². The van der Waals surface area contributed by atoms with Crippen LogP contribution in [-0.2, 0) is 21.4 Å². The van der Waals surface area contributed by atoms with Crippen LogP contribution in [0.4, 0.5) is 14.5 Å². The highest BCUT2D eigenvalue weighted by atomic mass is 32.2. The Morgan fingerprint density at radius 3 is 2.24 bits per heavy atom. The normalized spacial score (nSPS) is 13.0. The molecule has 2 aromatic carbocycles. The molecule has 29 heavy (non-hydrogen) atoms. The molecule has 2 aromatic rings. The summed E-state index contributed by atoms with van der Waals surface area (Å²) in [6.45, 7) is 5.23. The van der Waals surface area contributed by atoms with E-state index in [0.717, 1.165) is 6.07 Å². The van der Waals surface area contributed by atoms with E-state index in [1.807, 2.05) is 0 Å². The minimum absolute atomic E-state index is 0.0983. The number of sulfonamides is 1. The van der Waals surface area contributed by atoms with Crippen LogP contribution in [0.2, 0.25) is 0 Å². The molecule has 0 heterocycles. The van der Waals surface area contributed by atoms with Crippen molar-refractivity contribution in [2.24, 2.45) is 0 Å². The van der Waals surface area contributed by atoms with E-state index in [4.69, 9.17) is 0 Å². The molecule has 0 radical (unpaired) electrons. The zero-order valence-corrected chi connectivity index (χ0v) is 17.6. The molecular formula is C20H25F2N3O3S. The van der Waals surface area contributed by atoms with Crippen LogP contribution in [0, 0.1) is 11.6 Å². The Morgan fingerprint density at radius 2 is 1.69 bits per heavy atom. The van der Waals surface area contributed by atoms with Crippen molar-refractivity contribution in [3.05, 3.63) is 59.7 Å². The fourth-order valence-corrected chi connectivity index (χ4v) is 3.85. The molecule has 0 aliphatic heterocycles. The van der Waals surface area contributed by atoms with Crippen molar-refractivity contribution in [3.8, 4) is 0 Å². The van der Waals surface area contributed by atoms with Crippen molar-refractivity contribution in [1.29, 1.82) is 0 Å².